The third-order valence-corrected chi connectivity index (χ3v) is 9.83. The number of carbonyl (C=O) groups excluding carboxylic acids is 2. The molecule has 1 saturated heterocycles. The molecule has 50 heavy (non-hydrogen) atoms. The molecule has 1 amide bonds. The lowest BCUT2D eigenvalue weighted by atomic mass is 9.99. The van der Waals surface area contributed by atoms with Gasteiger partial charge in [-0.15, -0.1) is 0 Å². The molecule has 4 aromatic rings. The second-order valence-corrected chi connectivity index (χ2v) is 13.7. The van der Waals surface area contributed by atoms with E-state index >= 15 is 0 Å². The van der Waals surface area contributed by atoms with Crippen LogP contribution in [-0.2, 0) is 27.4 Å². The van der Waals surface area contributed by atoms with Gasteiger partial charge in [-0.2, -0.15) is 0 Å². The van der Waals surface area contributed by atoms with Crippen LogP contribution in [0.2, 0.25) is 10.0 Å². The number of ether oxygens (including phenoxy) is 3. The van der Waals surface area contributed by atoms with Crippen LogP contribution in [0, 0.1) is 0 Å². The Morgan fingerprint density at radius 2 is 1.74 bits per heavy atom. The third kappa shape index (κ3) is 7.73. The minimum Gasteiger partial charge on any atom is -0.496 e. The van der Waals surface area contributed by atoms with Crippen molar-refractivity contribution in [2.75, 3.05) is 20.8 Å². The lowest BCUT2D eigenvalue weighted by Crippen LogP contribution is -2.41. The Balaban J connectivity index is 1.21. The van der Waals surface area contributed by atoms with Gasteiger partial charge in [0.05, 0.1) is 41.8 Å². The summed E-state index contributed by atoms with van der Waals surface area (Å²) < 4.78 is 16.9. The van der Waals surface area contributed by atoms with Crippen LogP contribution in [0.3, 0.4) is 0 Å². The first-order valence-corrected chi connectivity index (χ1v) is 17.5. The van der Waals surface area contributed by atoms with E-state index in [0.717, 1.165) is 52.6 Å². The van der Waals surface area contributed by atoms with Crippen molar-refractivity contribution in [3.8, 4) is 45.3 Å². The van der Waals surface area contributed by atoms with Crippen LogP contribution in [0.5, 0.6) is 11.6 Å². The highest BCUT2D eigenvalue weighted by molar-refractivity contribution is 6.39. The van der Waals surface area contributed by atoms with E-state index in [0.29, 0.717) is 59.1 Å². The smallest absolute Gasteiger partial charge is 0.326 e. The summed E-state index contributed by atoms with van der Waals surface area (Å²) >= 11 is 14.1. The summed E-state index contributed by atoms with van der Waals surface area (Å²) in [6, 6.07) is 17.4. The average molecular weight is 719 g/mol. The van der Waals surface area contributed by atoms with E-state index in [2.05, 4.69) is 20.9 Å². The number of hydrogen-bond acceptors (Lipinski definition) is 9. The Kier molecular flexibility index (Phi) is 10.9. The normalized spacial score (nSPS) is 16.3. The molecule has 0 spiro atoms. The van der Waals surface area contributed by atoms with Crippen LogP contribution in [0.25, 0.3) is 33.6 Å². The Bertz CT molecular complexity index is 1900. The number of methoxy groups -OCH3 is 2. The van der Waals surface area contributed by atoms with E-state index in [1.54, 1.807) is 20.4 Å². The lowest BCUT2D eigenvalue weighted by Gasteiger charge is -2.19. The van der Waals surface area contributed by atoms with Crippen LogP contribution >= 0.6 is 23.2 Å². The quantitative estimate of drug-likeness (QED) is 0.122. The van der Waals surface area contributed by atoms with Crippen LogP contribution in [0.15, 0.2) is 60.8 Å². The molecule has 2 aromatic carbocycles. The fourth-order valence-corrected chi connectivity index (χ4v) is 6.79. The predicted molar refractivity (Wildman–Crippen MR) is 194 cm³/mol. The van der Waals surface area contributed by atoms with Gasteiger partial charge in [-0.1, -0.05) is 59.6 Å². The molecule has 1 saturated carbocycles. The molecule has 0 bridgehead atoms. The summed E-state index contributed by atoms with van der Waals surface area (Å²) in [4.78, 5) is 33.5. The summed E-state index contributed by atoms with van der Waals surface area (Å²) in [5.74, 6) is 1.02. The van der Waals surface area contributed by atoms with Crippen LogP contribution in [0.1, 0.15) is 50.7 Å². The molecule has 262 valence electrons. The van der Waals surface area contributed by atoms with Crippen molar-refractivity contribution in [2.24, 2.45) is 0 Å². The van der Waals surface area contributed by atoms with Crippen molar-refractivity contribution < 1.29 is 23.8 Å². The fraction of sp³-hybridized carbons (Fsp3) is 0.368. The Hall–Kier alpha value is -4.22. The van der Waals surface area contributed by atoms with Gasteiger partial charge in [-0.25, -0.2) is 4.98 Å². The highest BCUT2D eigenvalue weighted by Gasteiger charge is 2.51. The molecule has 2 aliphatic rings. The number of nitrogens with zero attached hydrogens (tertiary/aromatic N) is 2. The maximum Gasteiger partial charge on any atom is 0.326 e. The minimum atomic E-state index is -0.642. The summed E-state index contributed by atoms with van der Waals surface area (Å²) in [5, 5.41) is 10.7. The van der Waals surface area contributed by atoms with Gasteiger partial charge in [-0.05, 0) is 51.3 Å². The number of aromatic nitrogens is 2. The van der Waals surface area contributed by atoms with E-state index in [9.17, 15) is 9.59 Å². The molecule has 2 aromatic heterocycles. The zero-order valence-electron chi connectivity index (χ0n) is 28.6. The van der Waals surface area contributed by atoms with Crippen molar-refractivity contribution >= 4 is 35.1 Å². The molecule has 3 heterocycles. The van der Waals surface area contributed by atoms with Crippen molar-refractivity contribution in [1.82, 2.24) is 25.9 Å². The van der Waals surface area contributed by atoms with E-state index in [1.165, 1.54) is 0 Å². The van der Waals surface area contributed by atoms with E-state index in [4.69, 9.17) is 42.4 Å². The van der Waals surface area contributed by atoms with Gasteiger partial charge < -0.3 is 24.8 Å². The number of carbonyl (C=O) groups is 2. The van der Waals surface area contributed by atoms with Crippen LogP contribution in [-0.4, -0.2) is 60.3 Å². The number of benzene rings is 2. The topological polar surface area (TPSA) is 124 Å². The zero-order valence-corrected chi connectivity index (χ0v) is 30.1. The van der Waals surface area contributed by atoms with Gasteiger partial charge in [0.15, 0.2) is 0 Å². The first-order chi connectivity index (χ1) is 24.1. The number of hydrogen-bond donors (Lipinski definition) is 3. The number of esters is 1. The molecular weight excluding hydrogens is 677 g/mol. The monoisotopic (exact) mass is 717 g/mol. The van der Waals surface area contributed by atoms with Crippen molar-refractivity contribution in [1.29, 1.82) is 0 Å². The molecular formula is C38H41Cl2N5O5. The van der Waals surface area contributed by atoms with Crippen molar-refractivity contribution in [3.05, 3.63) is 82.0 Å². The summed E-state index contributed by atoms with van der Waals surface area (Å²) in [5.41, 5.74) is 5.35. The zero-order chi connectivity index (χ0) is 35.4. The molecule has 1 aliphatic heterocycles. The molecule has 1 atom stereocenters. The highest BCUT2D eigenvalue weighted by atomic mass is 35.5. The predicted octanol–water partition coefficient (Wildman–Crippen LogP) is 6.74. The first kappa shape index (κ1) is 35.6. The molecule has 2 fully saturated rings. The van der Waals surface area contributed by atoms with Gasteiger partial charge in [0, 0.05) is 71.7 Å². The fourth-order valence-electron chi connectivity index (χ4n) is 6.14. The standard InChI is InChI=1S/C38H41Cl2N5O5/c1-22(2)50-37(47)38(15-16-38)43-20-24-9-8-23(18-31(24)48-3)35-34(40)28(14-17-42-35)27-6-5-7-29(33(27)39)30-12-10-25(36(45-30)49-4)19-41-21-26-11-13-32(46)44-26/h5-10,12,14,17-18,22,26,41,43H,11,13,15-16,19-21H2,1-4H3,(H,44,46)/t26-/m0/s1. The molecule has 10 nitrogen and oxygen atoms in total. The maximum atomic E-state index is 12.6. The largest absolute Gasteiger partial charge is 0.496 e. The second kappa shape index (κ2) is 15.3. The SMILES string of the molecule is COc1cc(-c2nccc(-c3cccc(-c4ccc(CNC[C@@H]5CCC(=O)N5)c(OC)n4)c3Cl)c2Cl)ccc1CNC1(C(=O)OC(C)C)CC1. The molecule has 1 aliphatic carbocycles. The van der Waals surface area contributed by atoms with Crippen molar-refractivity contribution in [2.45, 2.75) is 70.3 Å². The Morgan fingerprint density at radius 3 is 2.44 bits per heavy atom. The van der Waals surface area contributed by atoms with Gasteiger partial charge in [0.1, 0.15) is 11.3 Å². The second-order valence-electron chi connectivity index (χ2n) is 12.9. The number of amides is 1. The molecule has 12 heteroatoms. The summed E-state index contributed by atoms with van der Waals surface area (Å²) in [7, 11) is 3.21. The first-order valence-electron chi connectivity index (χ1n) is 16.7. The summed E-state index contributed by atoms with van der Waals surface area (Å²) in [6.07, 6.45) is 4.42. The van der Waals surface area contributed by atoms with Gasteiger partial charge >= 0.3 is 5.97 Å². The lowest BCUT2D eigenvalue weighted by molar-refractivity contribution is -0.151. The third-order valence-electron chi connectivity index (χ3n) is 9.04. The minimum absolute atomic E-state index is 0.0946. The van der Waals surface area contributed by atoms with E-state index in [-0.39, 0.29) is 24.0 Å². The van der Waals surface area contributed by atoms with Crippen LogP contribution in [0.4, 0.5) is 0 Å². The van der Waals surface area contributed by atoms with E-state index in [1.807, 2.05) is 68.4 Å². The molecule has 0 unspecified atom stereocenters. The average Bonchev–Trinajstić information content (AvgIpc) is 3.80. The number of rotatable bonds is 14. The number of pyridine rings is 2. The molecule has 0 radical (unpaired) electrons. The van der Waals surface area contributed by atoms with Gasteiger partial charge in [-0.3, -0.25) is 19.9 Å². The molecule has 6 rings (SSSR count). The highest BCUT2D eigenvalue weighted by Crippen LogP contribution is 2.43. The van der Waals surface area contributed by atoms with E-state index < -0.39 is 5.54 Å². The summed E-state index contributed by atoms with van der Waals surface area (Å²) in [6.45, 7) is 5.36. The number of nitrogens with one attached hydrogen (secondary N) is 3. The Morgan fingerprint density at radius 1 is 0.980 bits per heavy atom. The maximum absolute atomic E-state index is 12.6. The molecule has 3 N–H and O–H groups in total. The van der Waals surface area contributed by atoms with Crippen LogP contribution < -0.4 is 25.4 Å². The Labute approximate surface area is 302 Å². The number of halogens is 2. The van der Waals surface area contributed by atoms with Crippen molar-refractivity contribution in [3.63, 3.8) is 0 Å². The van der Waals surface area contributed by atoms with Gasteiger partial charge in [0.2, 0.25) is 11.8 Å². The van der Waals surface area contributed by atoms with Gasteiger partial charge in [0.25, 0.3) is 0 Å².